The molecule has 0 bridgehead atoms. The van der Waals surface area contributed by atoms with Crippen LogP contribution in [0, 0.1) is 11.3 Å². The molecular weight excluding hydrogens is 276 g/mol. The number of nitriles is 1. The molecule has 0 spiro atoms. The summed E-state index contributed by atoms with van der Waals surface area (Å²) in [5, 5.41) is 8.81. The van der Waals surface area contributed by atoms with Crippen molar-refractivity contribution in [2.75, 3.05) is 11.8 Å². The van der Waals surface area contributed by atoms with Gasteiger partial charge in [0.1, 0.15) is 10.6 Å². The van der Waals surface area contributed by atoms with Crippen molar-refractivity contribution in [3.05, 3.63) is 54.1 Å². The molecule has 0 aliphatic rings. The number of nitrogens with zero attached hydrogens (tertiary/aromatic N) is 1. The van der Waals surface area contributed by atoms with E-state index < -0.39 is 10.0 Å². The lowest BCUT2D eigenvalue weighted by Gasteiger charge is -2.11. The average molecular weight is 288 g/mol. The second-order valence-electron chi connectivity index (χ2n) is 3.95. The third-order valence-corrected chi connectivity index (χ3v) is 4.02. The summed E-state index contributed by atoms with van der Waals surface area (Å²) in [6.07, 6.45) is 0. The first kappa shape index (κ1) is 13.9. The van der Waals surface area contributed by atoms with Crippen molar-refractivity contribution in [2.24, 2.45) is 0 Å². The number of nitrogens with one attached hydrogen (secondary N) is 1. The topological polar surface area (TPSA) is 79.2 Å². The lowest BCUT2D eigenvalue weighted by Crippen LogP contribution is -2.14. The monoisotopic (exact) mass is 288 g/mol. The summed E-state index contributed by atoms with van der Waals surface area (Å²) in [6.45, 7) is 0. The van der Waals surface area contributed by atoms with Gasteiger partial charge in [-0.1, -0.05) is 18.2 Å². The van der Waals surface area contributed by atoms with E-state index in [1.165, 1.54) is 19.2 Å². The maximum absolute atomic E-state index is 12.3. The first-order chi connectivity index (χ1) is 9.56. The maximum Gasteiger partial charge on any atom is 0.265 e. The maximum atomic E-state index is 12.3. The standard InChI is InChI=1S/C14H12N2O3S/c1-19-13-7-2-3-8-14(13)20(17,18)16-12-6-4-5-11(9-12)10-15/h2-9,16H,1H3. The van der Waals surface area contributed by atoms with E-state index in [-0.39, 0.29) is 10.6 Å². The minimum Gasteiger partial charge on any atom is -0.495 e. The number of hydrogen-bond donors (Lipinski definition) is 1. The Hall–Kier alpha value is -2.52. The molecule has 0 atom stereocenters. The van der Waals surface area contributed by atoms with Crippen LogP contribution in [0.1, 0.15) is 5.56 Å². The van der Waals surface area contributed by atoms with Gasteiger partial charge in [0.05, 0.1) is 24.4 Å². The van der Waals surface area contributed by atoms with Crippen molar-refractivity contribution in [2.45, 2.75) is 4.90 Å². The highest BCUT2D eigenvalue weighted by atomic mass is 32.2. The fourth-order valence-corrected chi connectivity index (χ4v) is 2.92. The van der Waals surface area contributed by atoms with Gasteiger partial charge in [-0.3, -0.25) is 4.72 Å². The van der Waals surface area contributed by atoms with Gasteiger partial charge in [-0.25, -0.2) is 8.42 Å². The number of ether oxygens (including phenoxy) is 1. The normalized spacial score (nSPS) is 10.6. The largest absolute Gasteiger partial charge is 0.495 e. The minimum absolute atomic E-state index is 0.0462. The van der Waals surface area contributed by atoms with E-state index in [9.17, 15) is 8.42 Å². The van der Waals surface area contributed by atoms with Gasteiger partial charge in [-0.05, 0) is 30.3 Å². The Kier molecular flexibility index (Phi) is 3.91. The number of methoxy groups -OCH3 is 1. The first-order valence-electron chi connectivity index (χ1n) is 5.73. The number of anilines is 1. The number of rotatable bonds is 4. The van der Waals surface area contributed by atoms with Crippen LogP contribution in [0.3, 0.4) is 0 Å². The van der Waals surface area contributed by atoms with Gasteiger partial charge in [0, 0.05) is 0 Å². The molecule has 2 aromatic rings. The second kappa shape index (κ2) is 5.63. The Bertz CT molecular complexity index is 764. The third kappa shape index (κ3) is 2.90. The van der Waals surface area contributed by atoms with Crippen LogP contribution in [-0.4, -0.2) is 15.5 Å². The Balaban J connectivity index is 2.38. The van der Waals surface area contributed by atoms with Crippen LogP contribution in [0.25, 0.3) is 0 Å². The Labute approximate surface area is 117 Å². The van der Waals surface area contributed by atoms with Crippen LogP contribution in [0.4, 0.5) is 5.69 Å². The lowest BCUT2D eigenvalue weighted by molar-refractivity contribution is 0.403. The van der Waals surface area contributed by atoms with E-state index in [1.807, 2.05) is 6.07 Å². The predicted octanol–water partition coefficient (Wildman–Crippen LogP) is 2.37. The number of para-hydroxylation sites is 1. The van der Waals surface area contributed by atoms with Crippen molar-refractivity contribution < 1.29 is 13.2 Å². The highest BCUT2D eigenvalue weighted by Gasteiger charge is 2.18. The molecule has 0 unspecified atom stereocenters. The summed E-state index contributed by atoms with van der Waals surface area (Å²) in [5.41, 5.74) is 0.709. The Morgan fingerprint density at radius 2 is 1.90 bits per heavy atom. The molecule has 0 fully saturated rings. The van der Waals surface area contributed by atoms with Crippen molar-refractivity contribution in [3.8, 4) is 11.8 Å². The Morgan fingerprint density at radius 3 is 2.60 bits per heavy atom. The van der Waals surface area contributed by atoms with Crippen LogP contribution in [-0.2, 0) is 10.0 Å². The smallest absolute Gasteiger partial charge is 0.265 e. The van der Waals surface area contributed by atoms with Crippen molar-refractivity contribution >= 4 is 15.7 Å². The van der Waals surface area contributed by atoms with Gasteiger partial charge in [0.2, 0.25) is 0 Å². The van der Waals surface area contributed by atoms with Gasteiger partial charge in [-0.2, -0.15) is 5.26 Å². The van der Waals surface area contributed by atoms with Gasteiger partial charge < -0.3 is 4.74 Å². The van der Waals surface area contributed by atoms with Crippen molar-refractivity contribution in [1.29, 1.82) is 5.26 Å². The first-order valence-corrected chi connectivity index (χ1v) is 7.21. The van der Waals surface area contributed by atoms with Crippen LogP contribution in [0.15, 0.2) is 53.4 Å². The molecule has 6 heteroatoms. The van der Waals surface area contributed by atoms with Crippen LogP contribution in [0.5, 0.6) is 5.75 Å². The van der Waals surface area contributed by atoms with Gasteiger partial charge in [-0.15, -0.1) is 0 Å². The number of hydrogen-bond acceptors (Lipinski definition) is 4. The van der Waals surface area contributed by atoms with Crippen LogP contribution >= 0.6 is 0 Å². The van der Waals surface area contributed by atoms with E-state index in [0.29, 0.717) is 11.3 Å². The number of benzene rings is 2. The molecule has 0 aliphatic heterocycles. The highest BCUT2D eigenvalue weighted by molar-refractivity contribution is 7.92. The fraction of sp³-hybridized carbons (Fsp3) is 0.0714. The zero-order valence-corrected chi connectivity index (χ0v) is 11.5. The van der Waals surface area contributed by atoms with Crippen molar-refractivity contribution in [1.82, 2.24) is 0 Å². The SMILES string of the molecule is COc1ccccc1S(=O)(=O)Nc1cccc(C#N)c1. The van der Waals surface area contributed by atoms with E-state index in [2.05, 4.69) is 4.72 Å². The van der Waals surface area contributed by atoms with Crippen LogP contribution in [0.2, 0.25) is 0 Å². The van der Waals surface area contributed by atoms with E-state index >= 15 is 0 Å². The molecule has 0 saturated heterocycles. The zero-order chi connectivity index (χ0) is 14.6. The molecule has 0 aromatic heterocycles. The predicted molar refractivity (Wildman–Crippen MR) is 75.0 cm³/mol. The highest BCUT2D eigenvalue weighted by Crippen LogP contribution is 2.25. The molecule has 1 N–H and O–H groups in total. The molecule has 0 amide bonds. The minimum atomic E-state index is -3.77. The lowest BCUT2D eigenvalue weighted by atomic mass is 10.2. The molecule has 0 saturated carbocycles. The molecule has 2 rings (SSSR count). The van der Waals surface area contributed by atoms with E-state index in [1.54, 1.807) is 36.4 Å². The summed E-state index contributed by atoms with van der Waals surface area (Å²) >= 11 is 0. The summed E-state index contributed by atoms with van der Waals surface area (Å²) < 4.78 is 32.1. The summed E-state index contributed by atoms with van der Waals surface area (Å²) in [4.78, 5) is 0.0462. The molecule has 102 valence electrons. The quantitative estimate of drug-likeness (QED) is 0.936. The van der Waals surface area contributed by atoms with Gasteiger partial charge >= 0.3 is 0 Å². The third-order valence-electron chi connectivity index (χ3n) is 2.60. The molecule has 20 heavy (non-hydrogen) atoms. The molecule has 5 nitrogen and oxygen atoms in total. The zero-order valence-electron chi connectivity index (χ0n) is 10.7. The average Bonchev–Trinajstić information content (AvgIpc) is 2.47. The molecule has 0 radical (unpaired) electrons. The molecule has 0 heterocycles. The van der Waals surface area contributed by atoms with Gasteiger partial charge in [0.25, 0.3) is 10.0 Å². The molecule has 0 aliphatic carbocycles. The van der Waals surface area contributed by atoms with Crippen molar-refractivity contribution in [3.63, 3.8) is 0 Å². The van der Waals surface area contributed by atoms with E-state index in [0.717, 1.165) is 0 Å². The summed E-state index contributed by atoms with van der Waals surface area (Å²) in [5.74, 6) is 0.261. The second-order valence-corrected chi connectivity index (χ2v) is 5.60. The van der Waals surface area contributed by atoms with E-state index in [4.69, 9.17) is 10.00 Å². The van der Waals surface area contributed by atoms with Gasteiger partial charge in [0.15, 0.2) is 0 Å². The molecular formula is C14H12N2O3S. The molecule has 2 aromatic carbocycles. The summed E-state index contributed by atoms with van der Waals surface area (Å²) in [7, 11) is -2.36. The van der Waals surface area contributed by atoms with Crippen LogP contribution < -0.4 is 9.46 Å². The number of sulfonamides is 1. The fourth-order valence-electron chi connectivity index (χ4n) is 1.70. The Morgan fingerprint density at radius 1 is 1.15 bits per heavy atom. The summed E-state index contributed by atoms with van der Waals surface area (Å²) in [6, 6.07) is 14.5.